The van der Waals surface area contributed by atoms with Crippen molar-refractivity contribution in [3.8, 4) is 0 Å². The number of carbonyl (C=O) groups is 2. The maximum Gasteiger partial charge on any atom is 0.305 e. The summed E-state index contributed by atoms with van der Waals surface area (Å²) in [7, 11) is 0. The second-order valence-electron chi connectivity index (χ2n) is 4.51. The zero-order valence-electron chi connectivity index (χ0n) is 11.3. The number of amides is 1. The highest BCUT2D eigenvalue weighted by Gasteiger charge is 2.24. The van der Waals surface area contributed by atoms with Crippen LogP contribution in [0.2, 0.25) is 0 Å². The molecule has 0 heterocycles. The molecule has 102 valence electrons. The number of carboxylic acids is 1. The molecular weight excluding hydrogens is 230 g/mol. The van der Waals surface area contributed by atoms with Gasteiger partial charge in [-0.15, -0.1) is 13.2 Å². The van der Waals surface area contributed by atoms with Crippen LogP contribution >= 0.6 is 0 Å². The van der Waals surface area contributed by atoms with Crippen molar-refractivity contribution in [3.63, 3.8) is 0 Å². The quantitative estimate of drug-likeness (QED) is 0.642. The zero-order chi connectivity index (χ0) is 14.1. The highest BCUT2D eigenvalue weighted by atomic mass is 16.4. The van der Waals surface area contributed by atoms with E-state index in [-0.39, 0.29) is 30.8 Å². The van der Waals surface area contributed by atoms with Gasteiger partial charge in [-0.2, -0.15) is 0 Å². The minimum Gasteiger partial charge on any atom is -0.481 e. The molecular formula is C14H23NO3. The van der Waals surface area contributed by atoms with Crippen molar-refractivity contribution in [2.24, 2.45) is 5.92 Å². The monoisotopic (exact) mass is 253 g/mol. The Morgan fingerprint density at radius 3 is 2.06 bits per heavy atom. The van der Waals surface area contributed by atoms with E-state index in [2.05, 4.69) is 13.2 Å². The summed E-state index contributed by atoms with van der Waals surface area (Å²) in [5, 5.41) is 8.70. The topological polar surface area (TPSA) is 57.6 Å². The van der Waals surface area contributed by atoms with Crippen molar-refractivity contribution in [1.82, 2.24) is 4.90 Å². The van der Waals surface area contributed by atoms with Crippen LogP contribution in [0.15, 0.2) is 25.3 Å². The van der Waals surface area contributed by atoms with Gasteiger partial charge in [0, 0.05) is 18.5 Å². The molecule has 1 N–H and O–H groups in total. The van der Waals surface area contributed by atoms with Crippen molar-refractivity contribution < 1.29 is 14.7 Å². The third-order valence-corrected chi connectivity index (χ3v) is 2.72. The number of allylic oxidation sites excluding steroid dienone is 2. The third kappa shape index (κ3) is 5.66. The van der Waals surface area contributed by atoms with Crippen LogP contribution in [0.25, 0.3) is 0 Å². The third-order valence-electron chi connectivity index (χ3n) is 2.72. The molecule has 18 heavy (non-hydrogen) atoms. The molecule has 0 saturated heterocycles. The first kappa shape index (κ1) is 16.4. The van der Waals surface area contributed by atoms with Gasteiger partial charge >= 0.3 is 5.97 Å². The SMILES string of the molecule is C=CCC(CC=C)C(=O)N(CCC(=O)O)C(C)C. The minimum absolute atomic E-state index is 0.00557. The Balaban J connectivity index is 4.73. The van der Waals surface area contributed by atoms with Gasteiger partial charge in [0.05, 0.1) is 6.42 Å². The molecule has 0 aliphatic carbocycles. The van der Waals surface area contributed by atoms with Gasteiger partial charge in [0.2, 0.25) is 5.91 Å². The van der Waals surface area contributed by atoms with E-state index in [4.69, 9.17) is 5.11 Å². The van der Waals surface area contributed by atoms with Crippen molar-refractivity contribution in [2.45, 2.75) is 39.2 Å². The largest absolute Gasteiger partial charge is 0.481 e. The maximum atomic E-state index is 12.3. The van der Waals surface area contributed by atoms with E-state index in [1.54, 1.807) is 17.1 Å². The number of nitrogens with zero attached hydrogens (tertiary/aromatic N) is 1. The highest BCUT2D eigenvalue weighted by Crippen LogP contribution is 2.16. The number of aliphatic carboxylic acids is 1. The fourth-order valence-corrected chi connectivity index (χ4v) is 1.77. The maximum absolute atomic E-state index is 12.3. The molecule has 0 unspecified atom stereocenters. The lowest BCUT2D eigenvalue weighted by molar-refractivity contribution is -0.140. The summed E-state index contributed by atoms with van der Waals surface area (Å²) in [6.07, 6.45) is 4.56. The first-order chi connectivity index (χ1) is 8.43. The Morgan fingerprint density at radius 1 is 1.22 bits per heavy atom. The van der Waals surface area contributed by atoms with Crippen molar-refractivity contribution >= 4 is 11.9 Å². The zero-order valence-corrected chi connectivity index (χ0v) is 11.3. The number of carbonyl (C=O) groups excluding carboxylic acids is 1. The van der Waals surface area contributed by atoms with Crippen LogP contribution in [0.3, 0.4) is 0 Å². The fourth-order valence-electron chi connectivity index (χ4n) is 1.77. The van der Waals surface area contributed by atoms with Crippen molar-refractivity contribution in [3.05, 3.63) is 25.3 Å². The van der Waals surface area contributed by atoms with E-state index in [1.807, 2.05) is 13.8 Å². The lowest BCUT2D eigenvalue weighted by atomic mass is 9.99. The standard InChI is InChI=1S/C14H23NO3/c1-5-7-12(8-6-2)14(18)15(11(3)4)10-9-13(16)17/h5-6,11-12H,1-2,7-10H2,3-4H3,(H,16,17). The van der Waals surface area contributed by atoms with Gasteiger partial charge in [0.15, 0.2) is 0 Å². The van der Waals surface area contributed by atoms with E-state index in [0.717, 1.165) is 0 Å². The van der Waals surface area contributed by atoms with Crippen molar-refractivity contribution in [2.75, 3.05) is 6.54 Å². The van der Waals surface area contributed by atoms with Crippen LogP contribution in [0.5, 0.6) is 0 Å². The molecule has 1 amide bonds. The Morgan fingerprint density at radius 2 is 1.72 bits per heavy atom. The van der Waals surface area contributed by atoms with Gasteiger partial charge in [-0.25, -0.2) is 0 Å². The molecule has 0 fully saturated rings. The summed E-state index contributed by atoms with van der Waals surface area (Å²) in [5.41, 5.74) is 0. The van der Waals surface area contributed by atoms with Gasteiger partial charge in [0.1, 0.15) is 0 Å². The molecule has 4 heteroatoms. The first-order valence-corrected chi connectivity index (χ1v) is 6.18. The van der Waals surface area contributed by atoms with Crippen LogP contribution in [0, 0.1) is 5.92 Å². The summed E-state index contributed by atoms with van der Waals surface area (Å²) in [4.78, 5) is 24.5. The first-order valence-electron chi connectivity index (χ1n) is 6.18. The van der Waals surface area contributed by atoms with Crippen LogP contribution in [-0.2, 0) is 9.59 Å². The normalized spacial score (nSPS) is 10.4. The Labute approximate surface area is 109 Å². The summed E-state index contributed by atoms with van der Waals surface area (Å²) >= 11 is 0. The summed E-state index contributed by atoms with van der Waals surface area (Å²) in [6.45, 7) is 11.3. The van der Waals surface area contributed by atoms with E-state index in [1.165, 1.54) is 0 Å². The van der Waals surface area contributed by atoms with Crippen LogP contribution in [-0.4, -0.2) is 34.5 Å². The number of carboxylic acid groups (broad SMARTS) is 1. The lowest BCUT2D eigenvalue weighted by Gasteiger charge is -2.29. The molecule has 0 saturated carbocycles. The number of hydrogen-bond acceptors (Lipinski definition) is 2. The molecule has 0 aromatic carbocycles. The van der Waals surface area contributed by atoms with Gasteiger partial charge in [-0.3, -0.25) is 9.59 Å². The molecule has 0 spiro atoms. The summed E-state index contributed by atoms with van der Waals surface area (Å²) in [6, 6.07) is -0.00557. The Bertz CT molecular complexity index is 300. The lowest BCUT2D eigenvalue weighted by Crippen LogP contribution is -2.42. The Kier molecular flexibility index (Phi) is 7.76. The molecule has 0 aromatic rings. The number of hydrogen-bond donors (Lipinski definition) is 1. The molecule has 0 bridgehead atoms. The van der Waals surface area contributed by atoms with Crippen molar-refractivity contribution in [1.29, 1.82) is 0 Å². The summed E-state index contributed by atoms with van der Waals surface area (Å²) < 4.78 is 0. The highest BCUT2D eigenvalue weighted by molar-refractivity contribution is 5.80. The van der Waals surface area contributed by atoms with E-state index in [9.17, 15) is 9.59 Å². The van der Waals surface area contributed by atoms with Gasteiger partial charge in [-0.1, -0.05) is 12.2 Å². The van der Waals surface area contributed by atoms with Gasteiger partial charge in [0.25, 0.3) is 0 Å². The molecule has 0 aliphatic heterocycles. The fraction of sp³-hybridized carbons (Fsp3) is 0.571. The Hall–Kier alpha value is -1.58. The summed E-state index contributed by atoms with van der Waals surface area (Å²) in [5.74, 6) is -1.10. The minimum atomic E-state index is -0.891. The van der Waals surface area contributed by atoms with Crippen LogP contribution in [0.1, 0.15) is 33.1 Å². The molecule has 0 aromatic heterocycles. The molecule has 0 rings (SSSR count). The van der Waals surface area contributed by atoms with E-state index in [0.29, 0.717) is 12.8 Å². The van der Waals surface area contributed by atoms with E-state index < -0.39 is 5.97 Å². The molecule has 0 atom stereocenters. The second-order valence-corrected chi connectivity index (χ2v) is 4.51. The second kappa shape index (κ2) is 8.50. The molecule has 0 radical (unpaired) electrons. The van der Waals surface area contributed by atoms with Gasteiger partial charge in [-0.05, 0) is 26.7 Å². The average molecular weight is 253 g/mol. The molecule has 4 nitrogen and oxygen atoms in total. The predicted molar refractivity (Wildman–Crippen MR) is 72.2 cm³/mol. The van der Waals surface area contributed by atoms with Crippen LogP contribution < -0.4 is 0 Å². The van der Waals surface area contributed by atoms with Gasteiger partial charge < -0.3 is 10.0 Å². The average Bonchev–Trinajstić information content (AvgIpc) is 2.27. The predicted octanol–water partition coefficient (Wildman–Crippen LogP) is 2.47. The smallest absolute Gasteiger partial charge is 0.305 e. The van der Waals surface area contributed by atoms with Crippen LogP contribution in [0.4, 0.5) is 0 Å². The van der Waals surface area contributed by atoms with E-state index >= 15 is 0 Å². The number of rotatable bonds is 9. The molecule has 0 aliphatic rings.